The second kappa shape index (κ2) is 6.36. The van der Waals surface area contributed by atoms with E-state index in [1.54, 1.807) is 30.0 Å². The smallest absolute Gasteiger partial charge is 0.242 e. The molecule has 0 saturated carbocycles. The molecule has 0 unspecified atom stereocenters. The summed E-state index contributed by atoms with van der Waals surface area (Å²) in [6.07, 6.45) is 0.568. The van der Waals surface area contributed by atoms with E-state index >= 15 is 0 Å². The maximum Gasteiger partial charge on any atom is 0.242 e. The minimum Gasteiger partial charge on any atom is -0.393 e. The van der Waals surface area contributed by atoms with E-state index in [0.717, 1.165) is 12.0 Å². The minimum atomic E-state index is -3.62. The first-order valence-corrected chi connectivity index (χ1v) is 8.73. The molecule has 1 aliphatic rings. The van der Waals surface area contributed by atoms with Crippen LogP contribution in [-0.4, -0.2) is 50.0 Å². The summed E-state index contributed by atoms with van der Waals surface area (Å²) in [6.45, 7) is 3.94. The normalized spacial score (nSPS) is 16.0. The first-order valence-electron chi connectivity index (χ1n) is 7.29. The predicted octanol–water partition coefficient (Wildman–Crippen LogP) is 0.987. The number of aliphatic hydroxyl groups is 1. The van der Waals surface area contributed by atoms with Crippen molar-refractivity contribution in [3.05, 3.63) is 23.8 Å². The average Bonchev–Trinajstić information content (AvgIpc) is 2.87. The molecule has 1 atom stereocenters. The van der Waals surface area contributed by atoms with Gasteiger partial charge in [0, 0.05) is 32.7 Å². The molecule has 122 valence electrons. The number of anilines is 1. The van der Waals surface area contributed by atoms with Gasteiger partial charge in [0.15, 0.2) is 0 Å². The summed E-state index contributed by atoms with van der Waals surface area (Å²) in [6, 6.07) is 4.92. The van der Waals surface area contributed by atoms with Crippen LogP contribution in [0.3, 0.4) is 0 Å². The second-order valence-electron chi connectivity index (χ2n) is 5.68. The summed E-state index contributed by atoms with van der Waals surface area (Å²) in [5.74, 6) is -0.0873. The Morgan fingerprint density at radius 1 is 1.45 bits per heavy atom. The van der Waals surface area contributed by atoms with Crippen LogP contribution in [-0.2, 0) is 21.2 Å². The third kappa shape index (κ3) is 3.31. The van der Waals surface area contributed by atoms with E-state index in [1.165, 1.54) is 18.3 Å². The Morgan fingerprint density at radius 3 is 2.73 bits per heavy atom. The largest absolute Gasteiger partial charge is 0.393 e. The molecule has 0 bridgehead atoms. The van der Waals surface area contributed by atoms with Gasteiger partial charge < -0.3 is 10.0 Å². The number of hydrogen-bond acceptors (Lipinski definition) is 4. The molecule has 1 aliphatic heterocycles. The third-order valence-electron chi connectivity index (χ3n) is 3.90. The van der Waals surface area contributed by atoms with Gasteiger partial charge in [-0.15, -0.1) is 0 Å². The number of rotatable bonds is 5. The summed E-state index contributed by atoms with van der Waals surface area (Å²) >= 11 is 0. The van der Waals surface area contributed by atoms with Crippen molar-refractivity contribution in [1.82, 2.24) is 4.31 Å². The highest BCUT2D eigenvalue weighted by Gasteiger charge is 2.27. The van der Waals surface area contributed by atoms with Gasteiger partial charge in [0.25, 0.3) is 0 Å². The van der Waals surface area contributed by atoms with Crippen molar-refractivity contribution in [2.75, 3.05) is 25.0 Å². The molecule has 0 saturated heterocycles. The zero-order valence-corrected chi connectivity index (χ0v) is 13.9. The number of sulfonamides is 1. The summed E-state index contributed by atoms with van der Waals surface area (Å²) < 4.78 is 26.4. The Hall–Kier alpha value is -1.44. The minimum absolute atomic E-state index is 0.0873. The predicted molar refractivity (Wildman–Crippen MR) is 84.3 cm³/mol. The van der Waals surface area contributed by atoms with Gasteiger partial charge in [-0.3, -0.25) is 4.79 Å². The highest BCUT2D eigenvalue weighted by atomic mass is 32.2. The number of amides is 1. The van der Waals surface area contributed by atoms with Gasteiger partial charge in [-0.1, -0.05) is 6.07 Å². The van der Waals surface area contributed by atoms with Crippen molar-refractivity contribution in [3.8, 4) is 0 Å². The number of nitrogens with zero attached hydrogens (tertiary/aromatic N) is 2. The maximum absolute atomic E-state index is 12.6. The third-order valence-corrected chi connectivity index (χ3v) is 5.76. The fraction of sp³-hybridized carbons (Fsp3) is 0.533. The average molecular weight is 326 g/mol. The topological polar surface area (TPSA) is 77.9 Å². The fourth-order valence-electron chi connectivity index (χ4n) is 2.52. The van der Waals surface area contributed by atoms with Crippen LogP contribution in [0, 0.1) is 0 Å². The highest BCUT2D eigenvalue weighted by Crippen LogP contribution is 2.31. The Labute approximate surface area is 131 Å². The molecule has 0 aliphatic carbocycles. The lowest BCUT2D eigenvalue weighted by atomic mass is 10.2. The van der Waals surface area contributed by atoms with Gasteiger partial charge in [-0.05, 0) is 37.5 Å². The van der Waals surface area contributed by atoms with Gasteiger partial charge >= 0.3 is 0 Å². The van der Waals surface area contributed by atoms with Gasteiger partial charge in [0.2, 0.25) is 15.9 Å². The number of carbonyl (C=O) groups is 1. The zero-order chi connectivity index (χ0) is 16.5. The molecule has 0 fully saturated rings. The molecule has 0 spiro atoms. The summed E-state index contributed by atoms with van der Waals surface area (Å²) in [5.41, 5.74) is 1.67. The number of benzene rings is 1. The van der Waals surface area contributed by atoms with E-state index < -0.39 is 16.1 Å². The van der Waals surface area contributed by atoms with Crippen molar-refractivity contribution in [2.45, 2.75) is 37.7 Å². The van der Waals surface area contributed by atoms with Gasteiger partial charge in [0.1, 0.15) is 0 Å². The summed E-state index contributed by atoms with van der Waals surface area (Å²) in [5, 5.41) is 9.29. The van der Waals surface area contributed by atoms with E-state index in [0.29, 0.717) is 18.7 Å². The van der Waals surface area contributed by atoms with Crippen molar-refractivity contribution in [3.63, 3.8) is 0 Å². The Balaban J connectivity index is 2.29. The SMILES string of the molecule is CC(=O)N1CCc2ccc(S(=O)(=O)N(C)CC[C@@H](C)O)cc21. The van der Waals surface area contributed by atoms with Gasteiger partial charge in [-0.25, -0.2) is 12.7 Å². The number of carbonyl (C=O) groups excluding carboxylic acids is 1. The number of hydrogen-bond donors (Lipinski definition) is 1. The Kier molecular flexibility index (Phi) is 4.89. The van der Waals surface area contributed by atoms with Crippen molar-refractivity contribution >= 4 is 21.6 Å². The summed E-state index contributed by atoms with van der Waals surface area (Å²) in [7, 11) is -2.13. The monoisotopic (exact) mass is 326 g/mol. The van der Waals surface area contributed by atoms with Crippen LogP contribution in [0.5, 0.6) is 0 Å². The van der Waals surface area contributed by atoms with Crippen LogP contribution >= 0.6 is 0 Å². The second-order valence-corrected chi connectivity index (χ2v) is 7.72. The van der Waals surface area contributed by atoms with Crippen LogP contribution in [0.4, 0.5) is 5.69 Å². The lowest BCUT2D eigenvalue weighted by Crippen LogP contribution is -2.30. The van der Waals surface area contributed by atoms with E-state index in [1.807, 2.05) is 0 Å². The Bertz CT molecular complexity index is 670. The van der Waals surface area contributed by atoms with Gasteiger partial charge in [0.05, 0.1) is 11.0 Å². The molecular weight excluding hydrogens is 304 g/mol. The van der Waals surface area contributed by atoms with E-state index in [2.05, 4.69) is 0 Å². The molecule has 1 aromatic rings. The molecule has 0 aromatic heterocycles. The van der Waals surface area contributed by atoms with E-state index in [-0.39, 0.29) is 17.3 Å². The highest BCUT2D eigenvalue weighted by molar-refractivity contribution is 7.89. The molecule has 1 aromatic carbocycles. The first-order chi connectivity index (χ1) is 10.2. The molecule has 7 heteroatoms. The van der Waals surface area contributed by atoms with E-state index in [9.17, 15) is 18.3 Å². The fourth-order valence-corrected chi connectivity index (χ4v) is 3.72. The summed E-state index contributed by atoms with van der Waals surface area (Å²) in [4.78, 5) is 13.4. The molecule has 1 amide bonds. The quantitative estimate of drug-likeness (QED) is 0.875. The number of aliphatic hydroxyl groups excluding tert-OH is 1. The standard InChI is InChI=1S/C15H22N2O4S/c1-11(18)6-8-16(3)22(20,21)14-5-4-13-7-9-17(12(2)19)15(13)10-14/h4-5,10-11,18H,6-9H2,1-3H3/t11-/m1/s1. The lowest BCUT2D eigenvalue weighted by Gasteiger charge is -2.20. The van der Waals surface area contributed by atoms with Crippen LogP contribution in [0.25, 0.3) is 0 Å². The van der Waals surface area contributed by atoms with Crippen molar-refractivity contribution < 1.29 is 18.3 Å². The van der Waals surface area contributed by atoms with E-state index in [4.69, 9.17) is 0 Å². The van der Waals surface area contributed by atoms with Crippen LogP contribution in [0.2, 0.25) is 0 Å². The first kappa shape index (κ1) is 16.9. The Morgan fingerprint density at radius 2 is 2.14 bits per heavy atom. The molecule has 1 heterocycles. The zero-order valence-electron chi connectivity index (χ0n) is 13.1. The molecule has 2 rings (SSSR count). The maximum atomic E-state index is 12.6. The van der Waals surface area contributed by atoms with Crippen LogP contribution in [0.15, 0.2) is 23.1 Å². The van der Waals surface area contributed by atoms with Crippen molar-refractivity contribution in [2.24, 2.45) is 0 Å². The van der Waals surface area contributed by atoms with Gasteiger partial charge in [-0.2, -0.15) is 0 Å². The van der Waals surface area contributed by atoms with Crippen LogP contribution < -0.4 is 4.90 Å². The van der Waals surface area contributed by atoms with Crippen molar-refractivity contribution in [1.29, 1.82) is 0 Å². The number of fused-ring (bicyclic) bond motifs is 1. The van der Waals surface area contributed by atoms with Crippen LogP contribution in [0.1, 0.15) is 25.8 Å². The molecular formula is C15H22N2O4S. The molecule has 22 heavy (non-hydrogen) atoms. The lowest BCUT2D eigenvalue weighted by molar-refractivity contribution is -0.116. The molecule has 6 nitrogen and oxygen atoms in total. The molecule has 0 radical (unpaired) electrons. The molecule has 1 N–H and O–H groups in total.